The van der Waals surface area contributed by atoms with Gasteiger partial charge in [-0.15, -0.1) is 0 Å². The molecular formula is C12H16N2O2. The van der Waals surface area contributed by atoms with Crippen molar-refractivity contribution in [2.24, 2.45) is 0 Å². The Kier molecular flexibility index (Phi) is 3.41. The Balaban J connectivity index is 2.03. The van der Waals surface area contributed by atoms with Crippen molar-refractivity contribution in [3.8, 4) is 0 Å². The normalized spacial score (nSPS) is 12.9. The van der Waals surface area contributed by atoms with E-state index in [9.17, 15) is 0 Å². The summed E-state index contributed by atoms with van der Waals surface area (Å²) in [4.78, 5) is 4.32. The number of hydrogen-bond donors (Lipinski definition) is 2. The molecule has 2 rings (SSSR count). The Bertz CT molecular complexity index is 420. The minimum atomic E-state index is 0.222. The molecule has 0 aliphatic carbocycles. The number of para-hydroxylation sites is 2. The lowest BCUT2D eigenvalue weighted by Crippen LogP contribution is -2.15. The third-order valence-electron chi connectivity index (χ3n) is 2.46. The Hall–Kier alpha value is -1.55. The number of rotatable bonds is 5. The molecule has 16 heavy (non-hydrogen) atoms. The van der Waals surface area contributed by atoms with Gasteiger partial charge in [0.2, 0.25) is 0 Å². The molecule has 0 bridgehead atoms. The van der Waals surface area contributed by atoms with Crippen molar-refractivity contribution >= 4 is 17.1 Å². The van der Waals surface area contributed by atoms with Crippen LogP contribution < -0.4 is 5.32 Å². The largest absolute Gasteiger partial charge is 0.424 e. The van der Waals surface area contributed by atoms with Crippen molar-refractivity contribution in [2.45, 2.75) is 25.8 Å². The highest BCUT2D eigenvalue weighted by Gasteiger charge is 2.07. The van der Waals surface area contributed by atoms with Crippen LogP contribution in [0.3, 0.4) is 0 Å². The van der Waals surface area contributed by atoms with E-state index < -0.39 is 0 Å². The molecule has 0 amide bonds. The highest BCUT2D eigenvalue weighted by molar-refractivity contribution is 5.74. The lowest BCUT2D eigenvalue weighted by molar-refractivity contribution is 0.282. The number of aromatic nitrogens is 1. The maximum absolute atomic E-state index is 8.73. The summed E-state index contributed by atoms with van der Waals surface area (Å²) >= 11 is 0. The zero-order chi connectivity index (χ0) is 11.4. The first-order valence-corrected chi connectivity index (χ1v) is 5.52. The van der Waals surface area contributed by atoms with Gasteiger partial charge in [-0.1, -0.05) is 12.1 Å². The molecule has 4 heteroatoms. The Morgan fingerprint density at radius 1 is 1.44 bits per heavy atom. The lowest BCUT2D eigenvalue weighted by atomic mass is 10.2. The van der Waals surface area contributed by atoms with Gasteiger partial charge in [-0.05, 0) is 31.9 Å². The van der Waals surface area contributed by atoms with Crippen molar-refractivity contribution in [1.82, 2.24) is 4.98 Å². The predicted molar refractivity (Wildman–Crippen MR) is 63.4 cm³/mol. The van der Waals surface area contributed by atoms with Gasteiger partial charge in [0.15, 0.2) is 5.58 Å². The van der Waals surface area contributed by atoms with Crippen LogP contribution in [0.4, 0.5) is 6.01 Å². The monoisotopic (exact) mass is 220 g/mol. The molecule has 0 saturated heterocycles. The molecular weight excluding hydrogens is 204 g/mol. The van der Waals surface area contributed by atoms with Gasteiger partial charge >= 0.3 is 0 Å². The van der Waals surface area contributed by atoms with Crippen LogP contribution in [0.5, 0.6) is 0 Å². The van der Waals surface area contributed by atoms with Crippen LogP contribution in [0.1, 0.15) is 19.8 Å². The Morgan fingerprint density at radius 3 is 3.00 bits per heavy atom. The molecule has 2 N–H and O–H groups in total. The number of benzene rings is 1. The molecule has 0 fully saturated rings. The first-order chi connectivity index (χ1) is 7.79. The van der Waals surface area contributed by atoms with E-state index in [2.05, 4.69) is 10.3 Å². The van der Waals surface area contributed by atoms with E-state index in [-0.39, 0.29) is 12.6 Å². The number of oxazole rings is 1. The van der Waals surface area contributed by atoms with Crippen LogP contribution in [-0.4, -0.2) is 22.7 Å². The Morgan fingerprint density at radius 2 is 2.25 bits per heavy atom. The number of hydrogen-bond acceptors (Lipinski definition) is 4. The maximum atomic E-state index is 8.73. The summed E-state index contributed by atoms with van der Waals surface area (Å²) in [6, 6.07) is 8.47. The van der Waals surface area contributed by atoms with Gasteiger partial charge in [0.1, 0.15) is 5.52 Å². The average molecular weight is 220 g/mol. The van der Waals surface area contributed by atoms with Crippen LogP contribution >= 0.6 is 0 Å². The third-order valence-corrected chi connectivity index (χ3v) is 2.46. The average Bonchev–Trinajstić information content (AvgIpc) is 2.68. The van der Waals surface area contributed by atoms with Gasteiger partial charge in [-0.2, -0.15) is 4.98 Å². The minimum absolute atomic E-state index is 0.222. The second-order valence-corrected chi connectivity index (χ2v) is 3.90. The van der Waals surface area contributed by atoms with Gasteiger partial charge in [0.05, 0.1) is 0 Å². The van der Waals surface area contributed by atoms with Crippen LogP contribution in [0.25, 0.3) is 11.1 Å². The van der Waals surface area contributed by atoms with Crippen molar-refractivity contribution < 1.29 is 9.52 Å². The van der Waals surface area contributed by atoms with Crippen molar-refractivity contribution in [3.63, 3.8) is 0 Å². The third kappa shape index (κ3) is 2.52. The molecule has 0 spiro atoms. The fourth-order valence-electron chi connectivity index (χ4n) is 1.61. The van der Waals surface area contributed by atoms with E-state index >= 15 is 0 Å². The standard InChI is InChI=1S/C12H16N2O2/c1-9(5-4-8-15)13-12-14-10-6-2-3-7-11(10)16-12/h2-3,6-7,9,15H,4-5,8H2,1H3,(H,13,14). The molecule has 86 valence electrons. The summed E-state index contributed by atoms with van der Waals surface area (Å²) < 4.78 is 5.53. The first kappa shape index (κ1) is 11.0. The SMILES string of the molecule is CC(CCCO)Nc1nc2ccccc2o1. The molecule has 1 aromatic heterocycles. The quantitative estimate of drug-likeness (QED) is 0.812. The zero-order valence-electron chi connectivity index (χ0n) is 9.31. The van der Waals surface area contributed by atoms with Crippen molar-refractivity contribution in [1.29, 1.82) is 0 Å². The highest BCUT2D eigenvalue weighted by Crippen LogP contribution is 2.19. The molecule has 0 radical (unpaired) electrons. The fraction of sp³-hybridized carbons (Fsp3) is 0.417. The first-order valence-electron chi connectivity index (χ1n) is 5.52. The number of nitrogens with one attached hydrogen (secondary N) is 1. The number of anilines is 1. The molecule has 0 saturated carbocycles. The predicted octanol–water partition coefficient (Wildman–Crippen LogP) is 2.40. The number of nitrogens with zero attached hydrogens (tertiary/aromatic N) is 1. The van der Waals surface area contributed by atoms with Crippen LogP contribution in [0.2, 0.25) is 0 Å². The van der Waals surface area contributed by atoms with Gasteiger partial charge in [0, 0.05) is 12.6 Å². The molecule has 4 nitrogen and oxygen atoms in total. The second kappa shape index (κ2) is 4.99. The molecule has 1 aromatic carbocycles. The molecule has 0 aliphatic rings. The summed E-state index contributed by atoms with van der Waals surface area (Å²) in [5.41, 5.74) is 1.65. The Labute approximate surface area is 94.3 Å². The summed E-state index contributed by atoms with van der Waals surface area (Å²) in [5.74, 6) is 0. The van der Waals surface area contributed by atoms with Gasteiger partial charge in [-0.3, -0.25) is 0 Å². The summed E-state index contributed by atoms with van der Waals surface area (Å²) in [6.07, 6.45) is 1.68. The molecule has 2 aromatic rings. The van der Waals surface area contributed by atoms with Gasteiger partial charge in [-0.25, -0.2) is 0 Å². The van der Waals surface area contributed by atoms with Crippen LogP contribution in [0.15, 0.2) is 28.7 Å². The molecule has 1 unspecified atom stereocenters. The van der Waals surface area contributed by atoms with Crippen molar-refractivity contribution in [3.05, 3.63) is 24.3 Å². The topological polar surface area (TPSA) is 58.3 Å². The van der Waals surface area contributed by atoms with E-state index in [4.69, 9.17) is 9.52 Å². The smallest absolute Gasteiger partial charge is 0.295 e. The highest BCUT2D eigenvalue weighted by atomic mass is 16.4. The van der Waals surface area contributed by atoms with E-state index in [1.165, 1.54) is 0 Å². The van der Waals surface area contributed by atoms with Crippen molar-refractivity contribution in [2.75, 3.05) is 11.9 Å². The molecule has 0 aliphatic heterocycles. The molecule has 1 heterocycles. The van der Waals surface area contributed by atoms with E-state index in [0.717, 1.165) is 23.9 Å². The minimum Gasteiger partial charge on any atom is -0.424 e. The second-order valence-electron chi connectivity index (χ2n) is 3.90. The zero-order valence-corrected chi connectivity index (χ0v) is 9.31. The number of aliphatic hydroxyl groups excluding tert-OH is 1. The summed E-state index contributed by atoms with van der Waals surface area (Å²) in [6.45, 7) is 2.27. The number of fused-ring (bicyclic) bond motifs is 1. The summed E-state index contributed by atoms with van der Waals surface area (Å²) in [5, 5.41) is 11.9. The van der Waals surface area contributed by atoms with E-state index in [1.807, 2.05) is 31.2 Å². The van der Waals surface area contributed by atoms with Gasteiger partial charge < -0.3 is 14.8 Å². The van der Waals surface area contributed by atoms with Gasteiger partial charge in [0.25, 0.3) is 6.01 Å². The van der Waals surface area contributed by atoms with Crippen LogP contribution in [-0.2, 0) is 0 Å². The van der Waals surface area contributed by atoms with Crippen LogP contribution in [0, 0.1) is 0 Å². The molecule has 1 atom stereocenters. The maximum Gasteiger partial charge on any atom is 0.295 e. The van der Waals surface area contributed by atoms with E-state index in [0.29, 0.717) is 6.01 Å². The number of aliphatic hydroxyl groups is 1. The fourth-order valence-corrected chi connectivity index (χ4v) is 1.61. The lowest BCUT2D eigenvalue weighted by Gasteiger charge is -2.10. The van der Waals surface area contributed by atoms with E-state index in [1.54, 1.807) is 0 Å². The summed E-state index contributed by atoms with van der Waals surface area (Å²) in [7, 11) is 0.